The molecule has 2 unspecified atom stereocenters. The molecule has 5 saturated carbocycles. The molecule has 4 bridgehead atoms. The highest BCUT2D eigenvalue weighted by Crippen LogP contribution is 2.61. The molecule has 6 fully saturated rings. The van der Waals surface area contributed by atoms with Gasteiger partial charge in [-0.2, -0.15) is 0 Å². The van der Waals surface area contributed by atoms with E-state index in [2.05, 4.69) is 4.90 Å². The summed E-state index contributed by atoms with van der Waals surface area (Å²) in [5, 5.41) is 0.249. The summed E-state index contributed by atoms with van der Waals surface area (Å²) in [7, 11) is 0. The quantitative estimate of drug-likeness (QED) is 0.560. The molecule has 1 aliphatic heterocycles. The van der Waals surface area contributed by atoms with Crippen molar-refractivity contribution in [1.29, 1.82) is 0 Å². The zero-order valence-corrected chi connectivity index (χ0v) is 18.2. The van der Waals surface area contributed by atoms with E-state index in [0.717, 1.165) is 36.6 Å². The molecule has 28 heavy (non-hydrogen) atoms. The molecular formula is C24H37NO2S. The van der Waals surface area contributed by atoms with E-state index in [1.807, 2.05) is 0 Å². The van der Waals surface area contributed by atoms with Crippen LogP contribution in [0.15, 0.2) is 0 Å². The monoisotopic (exact) mass is 403 g/mol. The minimum Gasteiger partial charge on any atom is -0.330 e. The van der Waals surface area contributed by atoms with Crippen molar-refractivity contribution in [1.82, 2.24) is 4.90 Å². The van der Waals surface area contributed by atoms with Gasteiger partial charge >= 0.3 is 0 Å². The number of Topliss-reactive ketones (excluding diaryl/α,β-unsaturated/α-hetero) is 1. The maximum Gasteiger partial charge on any atom is 0.281 e. The van der Waals surface area contributed by atoms with E-state index in [0.29, 0.717) is 29.4 Å². The predicted molar refractivity (Wildman–Crippen MR) is 114 cm³/mol. The van der Waals surface area contributed by atoms with E-state index < -0.39 is 0 Å². The lowest BCUT2D eigenvalue weighted by Gasteiger charge is -2.56. The van der Waals surface area contributed by atoms with Gasteiger partial charge < -0.3 is 4.90 Å². The Morgan fingerprint density at radius 3 is 2.25 bits per heavy atom. The summed E-state index contributed by atoms with van der Waals surface area (Å²) in [4.78, 5) is 27.8. The topological polar surface area (TPSA) is 37.4 Å². The summed E-state index contributed by atoms with van der Waals surface area (Å²) in [6.07, 6.45) is 17.3. The Morgan fingerprint density at radius 1 is 0.893 bits per heavy atom. The highest BCUT2D eigenvalue weighted by molar-refractivity contribution is 8.13. The van der Waals surface area contributed by atoms with Crippen LogP contribution in [0.25, 0.3) is 0 Å². The maximum atomic E-state index is 12.8. The van der Waals surface area contributed by atoms with Crippen molar-refractivity contribution >= 4 is 22.8 Å². The number of likely N-dealkylation sites (tertiary alicyclic amines) is 1. The normalized spacial score (nSPS) is 41.7. The zero-order chi connectivity index (χ0) is 19.1. The number of amides is 1. The summed E-state index contributed by atoms with van der Waals surface area (Å²) in [5.41, 5.74) is 0.350. The summed E-state index contributed by atoms with van der Waals surface area (Å²) < 4.78 is 0. The minimum atomic E-state index is 0.249. The van der Waals surface area contributed by atoms with Crippen LogP contribution in [0.1, 0.15) is 89.9 Å². The van der Waals surface area contributed by atoms with E-state index in [1.165, 1.54) is 88.8 Å². The van der Waals surface area contributed by atoms with Crippen molar-refractivity contribution < 1.29 is 9.59 Å². The van der Waals surface area contributed by atoms with E-state index in [9.17, 15) is 9.59 Å². The predicted octanol–water partition coefficient (Wildman–Crippen LogP) is 6.06. The molecule has 4 heteroatoms. The van der Waals surface area contributed by atoms with Gasteiger partial charge in [-0.3, -0.25) is 9.59 Å². The molecule has 2 atom stereocenters. The maximum absolute atomic E-state index is 12.8. The Balaban J connectivity index is 1.09. The highest BCUT2D eigenvalue weighted by Gasteiger charge is 2.51. The zero-order valence-electron chi connectivity index (χ0n) is 17.4. The number of fused-ring (bicyclic) bond motifs is 1. The van der Waals surface area contributed by atoms with E-state index >= 15 is 0 Å². The SMILES string of the molecule is O=C(CCSC(=O)N1CCCC2CCCCC21)CC12CC3CC(CC(C3)C1)C2. The van der Waals surface area contributed by atoms with Gasteiger partial charge in [-0.25, -0.2) is 0 Å². The summed E-state index contributed by atoms with van der Waals surface area (Å²) in [6.45, 7) is 0.939. The first-order valence-electron chi connectivity index (χ1n) is 12.1. The van der Waals surface area contributed by atoms with Crippen LogP contribution in [0.3, 0.4) is 0 Å². The van der Waals surface area contributed by atoms with Crippen molar-refractivity contribution in [2.75, 3.05) is 12.3 Å². The van der Waals surface area contributed by atoms with E-state index in [-0.39, 0.29) is 5.24 Å². The van der Waals surface area contributed by atoms with Gasteiger partial charge in [0, 0.05) is 31.2 Å². The van der Waals surface area contributed by atoms with Crippen molar-refractivity contribution in [2.45, 2.75) is 95.9 Å². The van der Waals surface area contributed by atoms with Gasteiger partial charge in [0.25, 0.3) is 5.24 Å². The molecule has 0 N–H and O–H groups in total. The molecule has 3 nitrogen and oxygen atoms in total. The van der Waals surface area contributed by atoms with E-state index in [1.54, 1.807) is 0 Å². The van der Waals surface area contributed by atoms with Gasteiger partial charge in [0.1, 0.15) is 5.78 Å². The van der Waals surface area contributed by atoms with Crippen LogP contribution >= 0.6 is 11.8 Å². The van der Waals surface area contributed by atoms with Crippen LogP contribution in [-0.4, -0.2) is 34.3 Å². The Labute approximate surface area is 174 Å². The molecule has 0 aromatic rings. The number of thioether (sulfide) groups is 1. The van der Waals surface area contributed by atoms with E-state index in [4.69, 9.17) is 0 Å². The third-order valence-corrected chi connectivity index (χ3v) is 9.71. The molecule has 5 aliphatic carbocycles. The van der Waals surface area contributed by atoms with Gasteiger partial charge in [-0.05, 0) is 93.3 Å². The number of hydrogen-bond acceptors (Lipinski definition) is 3. The average Bonchev–Trinajstić information content (AvgIpc) is 2.66. The molecule has 1 heterocycles. The molecule has 0 radical (unpaired) electrons. The minimum absolute atomic E-state index is 0.249. The molecule has 6 rings (SSSR count). The Bertz CT molecular complexity index is 580. The van der Waals surface area contributed by atoms with Crippen LogP contribution in [0.4, 0.5) is 4.79 Å². The number of piperidine rings is 1. The molecule has 0 spiro atoms. The van der Waals surface area contributed by atoms with Crippen molar-refractivity contribution in [3.63, 3.8) is 0 Å². The van der Waals surface area contributed by atoms with Crippen molar-refractivity contribution in [2.24, 2.45) is 29.1 Å². The highest BCUT2D eigenvalue weighted by atomic mass is 32.2. The first-order chi connectivity index (χ1) is 13.6. The second-order valence-corrected chi connectivity index (χ2v) is 12.0. The standard InChI is InChI=1S/C24H37NO2S/c26-21(16-24-13-17-10-18(14-24)12-19(11-17)15-24)7-9-28-23(27)25-8-3-5-20-4-1-2-6-22(20)25/h17-20,22H,1-16H2. The van der Waals surface area contributed by atoms with Gasteiger partial charge in [-0.1, -0.05) is 24.6 Å². The van der Waals surface area contributed by atoms with Crippen LogP contribution in [0.2, 0.25) is 0 Å². The number of hydrogen-bond donors (Lipinski definition) is 0. The summed E-state index contributed by atoms with van der Waals surface area (Å²) in [5.74, 6) is 4.60. The van der Waals surface area contributed by atoms with Crippen LogP contribution < -0.4 is 0 Å². The first-order valence-corrected chi connectivity index (χ1v) is 13.0. The van der Waals surface area contributed by atoms with Gasteiger partial charge in [0.05, 0.1) is 0 Å². The lowest BCUT2D eigenvalue weighted by Crippen LogP contribution is -2.48. The fourth-order valence-corrected chi connectivity index (χ4v) is 9.10. The number of rotatable bonds is 5. The lowest BCUT2D eigenvalue weighted by molar-refractivity contribution is -0.126. The van der Waals surface area contributed by atoms with Crippen LogP contribution in [0, 0.1) is 29.1 Å². The molecule has 1 amide bonds. The van der Waals surface area contributed by atoms with Crippen molar-refractivity contribution in [3.8, 4) is 0 Å². The Hall–Kier alpha value is -0.510. The Morgan fingerprint density at radius 2 is 1.54 bits per heavy atom. The number of carbonyl (C=O) groups is 2. The fourth-order valence-electron chi connectivity index (χ4n) is 8.20. The number of ketones is 1. The van der Waals surface area contributed by atoms with Crippen LogP contribution in [-0.2, 0) is 4.79 Å². The molecule has 1 saturated heterocycles. The third kappa shape index (κ3) is 3.91. The summed E-state index contributed by atoms with van der Waals surface area (Å²) in [6, 6.07) is 0.491. The molecular weight excluding hydrogens is 366 g/mol. The number of nitrogens with zero attached hydrogens (tertiary/aromatic N) is 1. The van der Waals surface area contributed by atoms with Gasteiger partial charge in [-0.15, -0.1) is 0 Å². The molecule has 6 aliphatic rings. The van der Waals surface area contributed by atoms with Crippen molar-refractivity contribution in [3.05, 3.63) is 0 Å². The molecule has 0 aromatic heterocycles. The second-order valence-electron chi connectivity index (χ2n) is 10.9. The first kappa shape index (κ1) is 19.5. The molecule has 0 aromatic carbocycles. The van der Waals surface area contributed by atoms with Gasteiger partial charge in [0.2, 0.25) is 0 Å². The molecule has 156 valence electrons. The van der Waals surface area contributed by atoms with Gasteiger partial charge in [0.15, 0.2) is 0 Å². The van der Waals surface area contributed by atoms with Crippen LogP contribution in [0.5, 0.6) is 0 Å². The smallest absolute Gasteiger partial charge is 0.281 e. The average molecular weight is 404 g/mol. The summed E-state index contributed by atoms with van der Waals surface area (Å²) >= 11 is 1.43. The third-order valence-electron chi connectivity index (χ3n) is 8.82. The fraction of sp³-hybridized carbons (Fsp3) is 0.917. The largest absolute Gasteiger partial charge is 0.330 e. The Kier molecular flexibility index (Phi) is 5.53. The lowest BCUT2D eigenvalue weighted by atomic mass is 9.48. The number of carbonyl (C=O) groups excluding carboxylic acids is 2. The second kappa shape index (κ2) is 7.96.